The number of hydrogen-bond donors (Lipinski definition) is 3. The number of aromatic nitrogens is 2. The number of nitrogens with one attached hydrogen (secondary N) is 1. The van der Waals surface area contributed by atoms with Gasteiger partial charge in [0, 0.05) is 23.4 Å². The third-order valence-electron chi connectivity index (χ3n) is 6.77. The number of nitrogens with two attached hydrogens (primary N) is 1. The second kappa shape index (κ2) is 12.5. The standard InChI is InChI=1S/C29H26N6O5S2/c1-2-40-19-12-8-16(9-13-19)24-20(14-30)26(31)35(21-4-3-5-22(36)25(21)24)28-33-34-29(42-28)41-15-23(37)32-18-10-6-17(7-11-18)27(38)39/h6-13,24H,2-5,15,31H2,1H3,(H,32,37)(H,38,39). The number of carboxylic acid groups (broad SMARTS) is 1. The molecule has 0 radical (unpaired) electrons. The molecule has 5 rings (SSSR count). The van der Waals surface area contributed by atoms with Crippen LogP contribution in [-0.2, 0) is 9.59 Å². The van der Waals surface area contributed by atoms with Gasteiger partial charge in [0.15, 0.2) is 10.1 Å². The summed E-state index contributed by atoms with van der Waals surface area (Å²) in [5, 5.41) is 30.8. The Morgan fingerprint density at radius 3 is 2.60 bits per heavy atom. The zero-order valence-corrected chi connectivity index (χ0v) is 24.1. The van der Waals surface area contributed by atoms with Crippen LogP contribution in [0, 0.1) is 11.3 Å². The van der Waals surface area contributed by atoms with Gasteiger partial charge in [-0.25, -0.2) is 4.79 Å². The van der Waals surface area contributed by atoms with Crippen molar-refractivity contribution in [3.63, 3.8) is 0 Å². The van der Waals surface area contributed by atoms with Crippen molar-refractivity contribution in [2.75, 3.05) is 22.6 Å². The molecule has 42 heavy (non-hydrogen) atoms. The van der Waals surface area contributed by atoms with E-state index in [1.807, 2.05) is 31.2 Å². The summed E-state index contributed by atoms with van der Waals surface area (Å²) in [6.45, 7) is 2.42. The number of nitrogens with zero attached hydrogens (tertiary/aromatic N) is 4. The van der Waals surface area contributed by atoms with Crippen molar-refractivity contribution in [1.82, 2.24) is 10.2 Å². The van der Waals surface area contributed by atoms with E-state index >= 15 is 0 Å². The SMILES string of the molecule is CCOc1ccc(C2C(C#N)=C(N)N(c3nnc(SCC(=O)Nc4ccc(C(=O)O)cc4)s3)C3=C2C(=O)CCC3)cc1. The van der Waals surface area contributed by atoms with E-state index in [9.17, 15) is 19.6 Å². The van der Waals surface area contributed by atoms with E-state index in [1.165, 1.54) is 47.4 Å². The van der Waals surface area contributed by atoms with E-state index in [0.29, 0.717) is 58.0 Å². The number of benzene rings is 2. The Morgan fingerprint density at radius 2 is 1.93 bits per heavy atom. The lowest BCUT2D eigenvalue weighted by Gasteiger charge is -2.38. The van der Waals surface area contributed by atoms with Crippen LogP contribution in [-0.4, -0.2) is 45.3 Å². The molecule has 1 aliphatic carbocycles. The topological polar surface area (TPSA) is 172 Å². The largest absolute Gasteiger partial charge is 0.494 e. The zero-order valence-electron chi connectivity index (χ0n) is 22.5. The number of amides is 1. The first-order valence-corrected chi connectivity index (χ1v) is 14.9. The minimum Gasteiger partial charge on any atom is -0.494 e. The molecule has 1 aromatic heterocycles. The van der Waals surface area contributed by atoms with Gasteiger partial charge in [0.05, 0.1) is 35.5 Å². The normalized spacial score (nSPS) is 16.6. The summed E-state index contributed by atoms with van der Waals surface area (Å²) >= 11 is 2.38. The average Bonchev–Trinajstić information content (AvgIpc) is 3.45. The maximum Gasteiger partial charge on any atom is 0.335 e. The molecule has 4 N–H and O–H groups in total. The van der Waals surface area contributed by atoms with Crippen molar-refractivity contribution in [1.29, 1.82) is 5.26 Å². The van der Waals surface area contributed by atoms with Gasteiger partial charge in [-0.15, -0.1) is 10.2 Å². The molecule has 0 saturated heterocycles. The fraction of sp³-hybridized carbons (Fsp3) is 0.241. The number of Topliss-reactive ketones (excluding diaryl/α,β-unsaturated/α-hetero) is 1. The Morgan fingerprint density at radius 1 is 1.19 bits per heavy atom. The van der Waals surface area contributed by atoms with Crippen molar-refractivity contribution >= 4 is 51.6 Å². The van der Waals surface area contributed by atoms with Crippen molar-refractivity contribution in [3.8, 4) is 11.8 Å². The van der Waals surface area contributed by atoms with Crippen LogP contribution in [0.3, 0.4) is 0 Å². The molecule has 1 atom stereocenters. The summed E-state index contributed by atoms with van der Waals surface area (Å²) in [6.07, 6.45) is 1.61. The highest BCUT2D eigenvalue weighted by Gasteiger charge is 2.41. The number of nitriles is 1. The summed E-state index contributed by atoms with van der Waals surface area (Å²) in [4.78, 5) is 38.5. The van der Waals surface area contributed by atoms with E-state index in [0.717, 1.165) is 5.56 Å². The number of hydrogen-bond acceptors (Lipinski definition) is 11. The van der Waals surface area contributed by atoms with E-state index in [2.05, 4.69) is 21.6 Å². The van der Waals surface area contributed by atoms with Crippen LogP contribution in [0.1, 0.15) is 48.0 Å². The van der Waals surface area contributed by atoms with Gasteiger partial charge in [0.1, 0.15) is 11.6 Å². The number of carboxylic acids is 1. The van der Waals surface area contributed by atoms with Gasteiger partial charge in [-0.05, 0) is 61.7 Å². The lowest BCUT2D eigenvalue weighted by molar-refractivity contribution is -0.116. The quantitative estimate of drug-likeness (QED) is 0.291. The lowest BCUT2D eigenvalue weighted by atomic mass is 9.76. The minimum absolute atomic E-state index is 0.0347. The molecular formula is C29H26N6O5S2. The molecular weight excluding hydrogens is 576 g/mol. The molecule has 3 aromatic rings. The molecule has 0 spiro atoms. The molecule has 1 aliphatic heterocycles. The maximum absolute atomic E-state index is 13.3. The summed E-state index contributed by atoms with van der Waals surface area (Å²) < 4.78 is 6.06. The molecule has 2 aromatic carbocycles. The predicted octanol–water partition coefficient (Wildman–Crippen LogP) is 4.67. The number of anilines is 2. The summed E-state index contributed by atoms with van der Waals surface area (Å²) in [5.41, 5.74) is 9.48. The van der Waals surface area contributed by atoms with E-state index in [-0.39, 0.29) is 34.4 Å². The Hall–Kier alpha value is -4.67. The zero-order chi connectivity index (χ0) is 29.8. The van der Waals surface area contributed by atoms with Gasteiger partial charge in [-0.1, -0.05) is 35.2 Å². The predicted molar refractivity (Wildman–Crippen MR) is 158 cm³/mol. The van der Waals surface area contributed by atoms with Gasteiger partial charge in [0.2, 0.25) is 11.0 Å². The highest BCUT2D eigenvalue weighted by Crippen LogP contribution is 2.47. The van der Waals surface area contributed by atoms with Crippen molar-refractivity contribution in [2.45, 2.75) is 36.4 Å². The number of aromatic carboxylic acids is 1. The number of carbonyl (C=O) groups is 3. The third-order valence-corrected chi connectivity index (χ3v) is 8.81. The molecule has 1 unspecified atom stereocenters. The Bertz CT molecular complexity index is 1640. The highest BCUT2D eigenvalue weighted by molar-refractivity contribution is 8.01. The number of thioether (sulfide) groups is 1. The summed E-state index contributed by atoms with van der Waals surface area (Å²) in [7, 11) is 0. The fourth-order valence-corrected chi connectivity index (χ4v) is 6.61. The molecule has 1 amide bonds. The molecule has 0 fully saturated rings. The number of rotatable bonds is 9. The second-order valence-corrected chi connectivity index (χ2v) is 11.6. The van der Waals surface area contributed by atoms with Crippen LogP contribution >= 0.6 is 23.1 Å². The number of carbonyl (C=O) groups excluding carboxylic acids is 2. The average molecular weight is 603 g/mol. The monoisotopic (exact) mass is 602 g/mol. The Labute approximate surface area is 249 Å². The first kappa shape index (κ1) is 28.8. The smallest absolute Gasteiger partial charge is 0.335 e. The van der Waals surface area contributed by atoms with Crippen LogP contribution in [0.5, 0.6) is 5.75 Å². The van der Waals surface area contributed by atoms with Crippen LogP contribution in [0.25, 0.3) is 0 Å². The van der Waals surface area contributed by atoms with Gasteiger partial charge in [-0.3, -0.25) is 14.5 Å². The highest BCUT2D eigenvalue weighted by atomic mass is 32.2. The van der Waals surface area contributed by atoms with Crippen molar-refractivity contribution in [3.05, 3.63) is 82.3 Å². The van der Waals surface area contributed by atoms with Gasteiger partial charge < -0.3 is 20.9 Å². The molecule has 2 aliphatic rings. The van der Waals surface area contributed by atoms with E-state index < -0.39 is 11.9 Å². The lowest BCUT2D eigenvalue weighted by Crippen LogP contribution is -2.38. The molecule has 2 heterocycles. The van der Waals surface area contributed by atoms with Gasteiger partial charge in [-0.2, -0.15) is 5.26 Å². The Balaban J connectivity index is 1.37. The van der Waals surface area contributed by atoms with Gasteiger partial charge in [0.25, 0.3) is 0 Å². The minimum atomic E-state index is -1.05. The van der Waals surface area contributed by atoms with Crippen LogP contribution < -0.4 is 20.7 Å². The summed E-state index contributed by atoms with van der Waals surface area (Å²) in [5.74, 6) is -1.05. The molecule has 0 bridgehead atoms. The Kier molecular flexibility index (Phi) is 8.56. The van der Waals surface area contributed by atoms with Gasteiger partial charge >= 0.3 is 5.97 Å². The molecule has 0 saturated carbocycles. The van der Waals surface area contributed by atoms with Crippen molar-refractivity contribution < 1.29 is 24.2 Å². The van der Waals surface area contributed by atoms with Crippen LogP contribution in [0.15, 0.2) is 75.5 Å². The first-order valence-electron chi connectivity index (χ1n) is 13.1. The van der Waals surface area contributed by atoms with Crippen molar-refractivity contribution in [2.24, 2.45) is 5.73 Å². The molecule has 214 valence electrons. The third kappa shape index (κ3) is 5.86. The van der Waals surface area contributed by atoms with E-state index in [1.54, 1.807) is 4.90 Å². The van der Waals surface area contributed by atoms with Crippen LogP contribution in [0.2, 0.25) is 0 Å². The fourth-order valence-electron chi connectivity index (χ4n) is 4.93. The summed E-state index contributed by atoms with van der Waals surface area (Å²) in [6, 6.07) is 15.4. The second-order valence-electron chi connectivity index (χ2n) is 9.39. The van der Waals surface area contributed by atoms with E-state index in [4.69, 9.17) is 15.6 Å². The maximum atomic E-state index is 13.3. The number of allylic oxidation sites excluding steroid dienone is 3. The number of ether oxygens (including phenoxy) is 1. The number of ketones is 1. The molecule has 13 heteroatoms. The first-order chi connectivity index (χ1) is 20.3. The molecule has 11 nitrogen and oxygen atoms in total. The van der Waals surface area contributed by atoms with Crippen LogP contribution in [0.4, 0.5) is 10.8 Å².